The molecule has 4 aromatic rings. The molecule has 158 valence electrons. The van der Waals surface area contributed by atoms with Crippen LogP contribution in [-0.4, -0.2) is 36.2 Å². The van der Waals surface area contributed by atoms with Gasteiger partial charge in [0.25, 0.3) is 0 Å². The molecule has 0 bridgehead atoms. The van der Waals surface area contributed by atoms with E-state index in [0.717, 1.165) is 22.4 Å². The van der Waals surface area contributed by atoms with Gasteiger partial charge in [0.05, 0.1) is 5.75 Å². The Morgan fingerprint density at radius 3 is 2.94 bits per heavy atom. The highest BCUT2D eigenvalue weighted by Crippen LogP contribution is 2.21. The van der Waals surface area contributed by atoms with Crippen LogP contribution in [0.25, 0.3) is 11.4 Å². The van der Waals surface area contributed by atoms with Crippen molar-refractivity contribution in [1.82, 2.24) is 30.3 Å². The molecule has 0 fully saturated rings. The third kappa shape index (κ3) is 5.54. The van der Waals surface area contributed by atoms with Crippen molar-refractivity contribution in [3.63, 3.8) is 0 Å². The number of hydrogen-bond acceptors (Lipinski definition) is 8. The Morgan fingerprint density at radius 1 is 1.23 bits per heavy atom. The maximum Gasteiger partial charge on any atom is 0.227 e. The monoisotopic (exact) mass is 435 g/mol. The fourth-order valence-corrected chi connectivity index (χ4v) is 3.55. The first-order chi connectivity index (χ1) is 15.1. The van der Waals surface area contributed by atoms with Crippen LogP contribution in [-0.2, 0) is 17.0 Å². The molecule has 10 heteroatoms. The summed E-state index contributed by atoms with van der Waals surface area (Å²) in [4.78, 5) is 25.1. The first-order valence-electron chi connectivity index (χ1n) is 9.71. The van der Waals surface area contributed by atoms with Gasteiger partial charge in [-0.1, -0.05) is 34.6 Å². The molecule has 0 aliphatic heterocycles. The molecule has 0 aliphatic carbocycles. The number of nitrogens with one attached hydrogen (secondary N) is 2. The minimum absolute atomic E-state index is 0.0928. The zero-order valence-corrected chi connectivity index (χ0v) is 17.9. The maximum atomic E-state index is 12.2. The summed E-state index contributed by atoms with van der Waals surface area (Å²) in [5.74, 6) is 1.98. The summed E-state index contributed by atoms with van der Waals surface area (Å²) in [6, 6.07) is 9.66. The Kier molecular flexibility index (Phi) is 6.37. The lowest BCUT2D eigenvalue weighted by Crippen LogP contribution is -2.13. The molecular formula is C21H21N7O2S. The van der Waals surface area contributed by atoms with Gasteiger partial charge in [0.1, 0.15) is 0 Å². The molecular weight excluding hydrogens is 414 g/mol. The van der Waals surface area contributed by atoms with E-state index >= 15 is 0 Å². The fraction of sp³-hybridized carbons (Fsp3) is 0.238. The van der Waals surface area contributed by atoms with E-state index in [1.165, 1.54) is 11.8 Å². The number of aromatic amines is 1. The molecule has 0 saturated carbocycles. The van der Waals surface area contributed by atoms with Gasteiger partial charge in [-0.15, -0.1) is 5.10 Å². The number of H-pyrrole nitrogens is 1. The number of nitrogens with zero attached hydrogens (tertiary/aromatic N) is 5. The van der Waals surface area contributed by atoms with E-state index in [2.05, 4.69) is 35.6 Å². The number of pyridine rings is 1. The van der Waals surface area contributed by atoms with Crippen LogP contribution in [0.4, 0.5) is 5.69 Å². The average molecular weight is 436 g/mol. The van der Waals surface area contributed by atoms with Crippen molar-refractivity contribution in [3.8, 4) is 11.4 Å². The first kappa shape index (κ1) is 20.7. The predicted molar refractivity (Wildman–Crippen MR) is 116 cm³/mol. The van der Waals surface area contributed by atoms with Crippen molar-refractivity contribution in [2.24, 2.45) is 0 Å². The summed E-state index contributed by atoms with van der Waals surface area (Å²) in [7, 11) is 0. The quantitative estimate of drug-likeness (QED) is 0.401. The van der Waals surface area contributed by atoms with Gasteiger partial charge in [0, 0.05) is 36.5 Å². The number of rotatable bonds is 8. The Morgan fingerprint density at radius 2 is 2.13 bits per heavy atom. The van der Waals surface area contributed by atoms with Gasteiger partial charge in [0.2, 0.25) is 17.0 Å². The van der Waals surface area contributed by atoms with Crippen LogP contribution in [0.1, 0.15) is 29.3 Å². The number of thioether (sulfide) groups is 1. The van der Waals surface area contributed by atoms with Gasteiger partial charge in [0.15, 0.2) is 11.6 Å². The van der Waals surface area contributed by atoms with E-state index in [0.29, 0.717) is 34.9 Å². The highest BCUT2D eigenvalue weighted by molar-refractivity contribution is 7.98. The van der Waals surface area contributed by atoms with Crippen molar-refractivity contribution in [1.29, 1.82) is 0 Å². The zero-order valence-electron chi connectivity index (χ0n) is 17.1. The maximum absolute atomic E-state index is 12.2. The van der Waals surface area contributed by atoms with Gasteiger partial charge in [-0.2, -0.15) is 4.98 Å². The molecule has 1 aromatic carbocycles. The number of benzene rings is 1. The Hall–Kier alpha value is -3.53. The third-order valence-corrected chi connectivity index (χ3v) is 5.31. The predicted octanol–water partition coefficient (Wildman–Crippen LogP) is 3.73. The molecule has 31 heavy (non-hydrogen) atoms. The number of aromatic nitrogens is 6. The highest BCUT2D eigenvalue weighted by Gasteiger charge is 2.12. The summed E-state index contributed by atoms with van der Waals surface area (Å²) < 4.78 is 5.26. The minimum atomic E-state index is -0.0928. The SMILES string of the molecule is Cc1ccc(NC(=O)CCc2nc(CSc3n[nH]c(-c4cccnc4)n3)no2)c(C)c1. The van der Waals surface area contributed by atoms with Crippen molar-refractivity contribution < 1.29 is 9.32 Å². The summed E-state index contributed by atoms with van der Waals surface area (Å²) in [6.45, 7) is 3.99. The van der Waals surface area contributed by atoms with Crippen LogP contribution in [0, 0.1) is 13.8 Å². The molecule has 0 atom stereocenters. The zero-order chi connectivity index (χ0) is 21.6. The van der Waals surface area contributed by atoms with Crippen molar-refractivity contribution in [3.05, 3.63) is 65.6 Å². The fourth-order valence-electron chi connectivity index (χ4n) is 2.91. The molecule has 9 nitrogen and oxygen atoms in total. The van der Waals surface area contributed by atoms with E-state index in [-0.39, 0.29) is 12.3 Å². The van der Waals surface area contributed by atoms with Gasteiger partial charge >= 0.3 is 0 Å². The van der Waals surface area contributed by atoms with E-state index < -0.39 is 0 Å². The smallest absolute Gasteiger partial charge is 0.227 e. The normalized spacial score (nSPS) is 10.9. The van der Waals surface area contributed by atoms with E-state index in [9.17, 15) is 4.79 Å². The number of aryl methyl sites for hydroxylation is 3. The molecule has 2 N–H and O–H groups in total. The number of amides is 1. The van der Waals surface area contributed by atoms with Gasteiger partial charge in [-0.3, -0.25) is 14.9 Å². The molecule has 1 amide bonds. The molecule has 3 heterocycles. The molecule has 0 radical (unpaired) electrons. The lowest BCUT2D eigenvalue weighted by Gasteiger charge is -2.08. The Balaban J connectivity index is 1.26. The van der Waals surface area contributed by atoms with Crippen LogP contribution in [0.15, 0.2) is 52.4 Å². The minimum Gasteiger partial charge on any atom is -0.339 e. The lowest BCUT2D eigenvalue weighted by atomic mass is 10.1. The van der Waals surface area contributed by atoms with Gasteiger partial charge in [-0.25, -0.2) is 4.98 Å². The second-order valence-corrected chi connectivity index (χ2v) is 7.91. The topological polar surface area (TPSA) is 122 Å². The molecule has 3 aromatic heterocycles. The average Bonchev–Trinajstić information content (AvgIpc) is 3.43. The summed E-state index contributed by atoms with van der Waals surface area (Å²) in [5, 5.41) is 14.5. The largest absolute Gasteiger partial charge is 0.339 e. The van der Waals surface area contributed by atoms with Gasteiger partial charge in [-0.05, 0) is 37.6 Å². The second-order valence-electron chi connectivity index (χ2n) is 6.97. The van der Waals surface area contributed by atoms with Crippen molar-refractivity contribution in [2.45, 2.75) is 37.6 Å². The molecule has 4 rings (SSSR count). The number of carbonyl (C=O) groups excluding carboxylic acids is 1. The van der Waals surface area contributed by atoms with Crippen molar-refractivity contribution >= 4 is 23.4 Å². The summed E-state index contributed by atoms with van der Waals surface area (Å²) in [6.07, 6.45) is 4.06. The summed E-state index contributed by atoms with van der Waals surface area (Å²) >= 11 is 1.39. The number of hydrogen-bond donors (Lipinski definition) is 2. The van der Waals surface area contributed by atoms with Crippen LogP contribution in [0.3, 0.4) is 0 Å². The van der Waals surface area contributed by atoms with Crippen LogP contribution in [0.2, 0.25) is 0 Å². The second kappa shape index (κ2) is 9.52. The van der Waals surface area contributed by atoms with Crippen LogP contribution in [0.5, 0.6) is 0 Å². The molecule has 0 spiro atoms. The number of carbonyl (C=O) groups is 1. The van der Waals surface area contributed by atoms with E-state index in [1.807, 2.05) is 44.2 Å². The standard InChI is InChI=1S/C21H21N7O2S/c1-13-5-6-16(14(2)10-13)23-18(29)7-8-19-24-17(28-30-19)12-31-21-25-20(26-27-21)15-4-3-9-22-11-15/h3-6,9-11H,7-8,12H2,1-2H3,(H,23,29)(H,25,26,27). The Labute approximate surface area is 183 Å². The van der Waals surface area contributed by atoms with Crippen molar-refractivity contribution in [2.75, 3.05) is 5.32 Å². The summed E-state index contributed by atoms with van der Waals surface area (Å²) in [5.41, 5.74) is 3.87. The molecule has 0 unspecified atom stereocenters. The van der Waals surface area contributed by atoms with E-state index in [1.54, 1.807) is 12.4 Å². The van der Waals surface area contributed by atoms with Crippen LogP contribution < -0.4 is 5.32 Å². The number of anilines is 1. The first-order valence-corrected chi connectivity index (χ1v) is 10.7. The molecule has 0 saturated heterocycles. The highest BCUT2D eigenvalue weighted by atomic mass is 32.2. The van der Waals surface area contributed by atoms with E-state index in [4.69, 9.17) is 4.52 Å². The Bertz CT molecular complexity index is 1170. The molecule has 0 aliphatic rings. The third-order valence-electron chi connectivity index (χ3n) is 4.46. The lowest BCUT2D eigenvalue weighted by molar-refractivity contribution is -0.116. The van der Waals surface area contributed by atoms with Crippen LogP contribution >= 0.6 is 11.8 Å². The van der Waals surface area contributed by atoms with Gasteiger partial charge < -0.3 is 9.84 Å².